The van der Waals surface area contributed by atoms with E-state index in [1.54, 1.807) is 6.20 Å². The van der Waals surface area contributed by atoms with Crippen LogP contribution in [0.3, 0.4) is 0 Å². The van der Waals surface area contributed by atoms with E-state index in [9.17, 15) is 4.79 Å². The van der Waals surface area contributed by atoms with Crippen molar-refractivity contribution in [2.75, 3.05) is 36.4 Å². The number of benzene rings is 1. The lowest BCUT2D eigenvalue weighted by atomic mass is 10.2. The van der Waals surface area contributed by atoms with Crippen LogP contribution in [0.1, 0.15) is 49.0 Å². The van der Waals surface area contributed by atoms with Gasteiger partial charge in [-0.1, -0.05) is 12.8 Å². The first-order chi connectivity index (χ1) is 13.3. The maximum atomic E-state index is 12.8. The van der Waals surface area contributed by atoms with Crippen molar-refractivity contribution in [3.05, 3.63) is 48.3 Å². The standard InChI is InChI=1S/C22H28N4O/c27-22(26-15-3-1-2-4-16-26)21-17-19(11-12-23-21)24-18-7-9-20(10-8-18)25-13-5-6-14-25/h7-12,17H,1-6,13-16H2,(H,23,24). The van der Waals surface area contributed by atoms with Gasteiger partial charge in [-0.15, -0.1) is 0 Å². The van der Waals surface area contributed by atoms with Gasteiger partial charge in [-0.2, -0.15) is 0 Å². The zero-order valence-electron chi connectivity index (χ0n) is 15.9. The Labute approximate surface area is 161 Å². The Hall–Kier alpha value is -2.56. The molecule has 2 fully saturated rings. The molecule has 0 aliphatic carbocycles. The number of amides is 1. The van der Waals surface area contributed by atoms with Crippen LogP contribution in [0.15, 0.2) is 42.6 Å². The van der Waals surface area contributed by atoms with Crippen LogP contribution in [0.4, 0.5) is 17.1 Å². The molecule has 3 heterocycles. The van der Waals surface area contributed by atoms with Gasteiger partial charge in [0, 0.05) is 49.4 Å². The summed E-state index contributed by atoms with van der Waals surface area (Å²) >= 11 is 0. The summed E-state index contributed by atoms with van der Waals surface area (Å²) in [5.41, 5.74) is 3.73. The molecule has 1 aromatic heterocycles. The number of likely N-dealkylation sites (tertiary alicyclic amines) is 1. The molecule has 0 spiro atoms. The van der Waals surface area contributed by atoms with Crippen molar-refractivity contribution in [3.8, 4) is 0 Å². The molecule has 2 aromatic rings. The van der Waals surface area contributed by atoms with Crippen molar-refractivity contribution in [2.24, 2.45) is 0 Å². The molecule has 0 bridgehead atoms. The normalized spacial score (nSPS) is 17.6. The summed E-state index contributed by atoms with van der Waals surface area (Å²) in [6.45, 7) is 3.99. The first-order valence-corrected chi connectivity index (χ1v) is 10.2. The number of aromatic nitrogens is 1. The Morgan fingerprint density at radius 3 is 2.19 bits per heavy atom. The number of nitrogens with one attached hydrogen (secondary N) is 1. The SMILES string of the molecule is O=C(c1cc(Nc2ccc(N3CCCC3)cc2)ccn1)N1CCCCCC1. The predicted octanol–water partition coefficient (Wildman–Crippen LogP) is 4.44. The van der Waals surface area contributed by atoms with E-state index >= 15 is 0 Å². The van der Waals surface area contributed by atoms with Gasteiger partial charge in [0.1, 0.15) is 5.69 Å². The van der Waals surface area contributed by atoms with Crippen LogP contribution in [0, 0.1) is 0 Å². The Morgan fingerprint density at radius 1 is 0.815 bits per heavy atom. The maximum absolute atomic E-state index is 12.8. The lowest BCUT2D eigenvalue weighted by Crippen LogP contribution is -2.32. The molecule has 1 N–H and O–H groups in total. The van der Waals surface area contributed by atoms with Gasteiger partial charge in [0.15, 0.2) is 0 Å². The fourth-order valence-electron chi connectivity index (χ4n) is 3.96. The number of carbonyl (C=O) groups is 1. The van der Waals surface area contributed by atoms with Crippen LogP contribution in [-0.2, 0) is 0 Å². The third-order valence-electron chi connectivity index (χ3n) is 5.50. The molecular weight excluding hydrogens is 336 g/mol. The van der Waals surface area contributed by atoms with E-state index in [1.165, 1.54) is 31.4 Å². The number of hydrogen-bond donors (Lipinski definition) is 1. The average molecular weight is 364 g/mol. The number of carbonyl (C=O) groups excluding carboxylic acids is 1. The van der Waals surface area contributed by atoms with Crippen LogP contribution >= 0.6 is 0 Å². The second-order valence-electron chi connectivity index (χ2n) is 7.50. The van der Waals surface area contributed by atoms with E-state index in [-0.39, 0.29) is 5.91 Å². The van der Waals surface area contributed by atoms with Gasteiger partial charge in [-0.25, -0.2) is 0 Å². The van der Waals surface area contributed by atoms with Gasteiger partial charge >= 0.3 is 0 Å². The van der Waals surface area contributed by atoms with Gasteiger partial charge in [0.05, 0.1) is 0 Å². The van der Waals surface area contributed by atoms with E-state index in [0.717, 1.165) is 50.4 Å². The minimum Gasteiger partial charge on any atom is -0.372 e. The number of rotatable bonds is 4. The third-order valence-corrected chi connectivity index (χ3v) is 5.50. The Morgan fingerprint density at radius 2 is 1.48 bits per heavy atom. The van der Waals surface area contributed by atoms with Crippen molar-refractivity contribution in [3.63, 3.8) is 0 Å². The van der Waals surface area contributed by atoms with Crippen molar-refractivity contribution in [2.45, 2.75) is 38.5 Å². The number of hydrogen-bond acceptors (Lipinski definition) is 4. The van der Waals surface area contributed by atoms with Crippen molar-refractivity contribution in [1.29, 1.82) is 0 Å². The number of pyridine rings is 1. The van der Waals surface area contributed by atoms with Gasteiger partial charge in [-0.3, -0.25) is 9.78 Å². The first kappa shape index (κ1) is 17.8. The monoisotopic (exact) mass is 364 g/mol. The van der Waals surface area contributed by atoms with Crippen LogP contribution in [0.25, 0.3) is 0 Å². The smallest absolute Gasteiger partial charge is 0.272 e. The zero-order valence-corrected chi connectivity index (χ0v) is 15.9. The molecule has 0 saturated carbocycles. The van der Waals surface area contributed by atoms with Gasteiger partial charge in [0.2, 0.25) is 0 Å². The molecule has 27 heavy (non-hydrogen) atoms. The molecule has 0 unspecified atom stereocenters. The highest BCUT2D eigenvalue weighted by molar-refractivity contribution is 5.93. The molecule has 1 amide bonds. The topological polar surface area (TPSA) is 48.5 Å². The fourth-order valence-corrected chi connectivity index (χ4v) is 3.96. The predicted molar refractivity (Wildman–Crippen MR) is 110 cm³/mol. The van der Waals surface area contributed by atoms with Crippen molar-refractivity contribution >= 4 is 23.0 Å². The molecule has 5 heteroatoms. The molecule has 2 aliphatic rings. The van der Waals surface area contributed by atoms with Crippen LogP contribution in [-0.4, -0.2) is 42.0 Å². The van der Waals surface area contributed by atoms with Gasteiger partial charge in [-0.05, 0) is 62.1 Å². The number of anilines is 3. The highest BCUT2D eigenvalue weighted by atomic mass is 16.2. The summed E-state index contributed by atoms with van der Waals surface area (Å²) in [4.78, 5) is 21.5. The van der Waals surface area contributed by atoms with E-state index in [2.05, 4.69) is 39.5 Å². The van der Waals surface area contributed by atoms with Crippen molar-refractivity contribution < 1.29 is 4.79 Å². The molecule has 2 aliphatic heterocycles. The summed E-state index contributed by atoms with van der Waals surface area (Å²) in [6.07, 6.45) is 8.89. The molecular formula is C22H28N4O. The fraction of sp³-hybridized carbons (Fsp3) is 0.455. The number of nitrogens with zero attached hydrogens (tertiary/aromatic N) is 3. The van der Waals surface area contributed by atoms with Crippen molar-refractivity contribution in [1.82, 2.24) is 9.88 Å². The van der Waals surface area contributed by atoms with E-state index in [4.69, 9.17) is 0 Å². The Balaban J connectivity index is 1.43. The molecule has 2 saturated heterocycles. The zero-order chi connectivity index (χ0) is 18.5. The first-order valence-electron chi connectivity index (χ1n) is 10.2. The van der Waals surface area contributed by atoms with E-state index < -0.39 is 0 Å². The van der Waals surface area contributed by atoms with Gasteiger partial charge in [0.25, 0.3) is 5.91 Å². The summed E-state index contributed by atoms with van der Waals surface area (Å²) in [5, 5.41) is 3.40. The molecule has 0 radical (unpaired) electrons. The lowest BCUT2D eigenvalue weighted by molar-refractivity contribution is 0.0756. The summed E-state index contributed by atoms with van der Waals surface area (Å²) < 4.78 is 0. The van der Waals surface area contributed by atoms with Crippen LogP contribution < -0.4 is 10.2 Å². The Kier molecular flexibility index (Phi) is 5.56. The molecule has 5 nitrogen and oxygen atoms in total. The highest BCUT2D eigenvalue weighted by Crippen LogP contribution is 2.24. The van der Waals surface area contributed by atoms with E-state index in [1.807, 2.05) is 17.0 Å². The Bertz CT molecular complexity index is 760. The third kappa shape index (κ3) is 4.41. The van der Waals surface area contributed by atoms with Gasteiger partial charge < -0.3 is 15.1 Å². The second kappa shape index (κ2) is 8.42. The lowest BCUT2D eigenvalue weighted by Gasteiger charge is -2.20. The second-order valence-corrected chi connectivity index (χ2v) is 7.50. The quantitative estimate of drug-likeness (QED) is 0.871. The largest absolute Gasteiger partial charge is 0.372 e. The minimum atomic E-state index is 0.0462. The molecule has 142 valence electrons. The average Bonchev–Trinajstić information content (AvgIpc) is 3.11. The molecule has 1 aromatic carbocycles. The summed E-state index contributed by atoms with van der Waals surface area (Å²) in [5.74, 6) is 0.0462. The van der Waals surface area contributed by atoms with Crippen LogP contribution in [0.2, 0.25) is 0 Å². The molecule has 4 rings (SSSR count). The minimum absolute atomic E-state index is 0.0462. The van der Waals surface area contributed by atoms with E-state index in [0.29, 0.717) is 5.69 Å². The molecule has 0 atom stereocenters. The van der Waals surface area contributed by atoms with Crippen LogP contribution in [0.5, 0.6) is 0 Å². The highest BCUT2D eigenvalue weighted by Gasteiger charge is 2.18. The maximum Gasteiger partial charge on any atom is 0.272 e. The summed E-state index contributed by atoms with van der Waals surface area (Å²) in [7, 11) is 0. The summed E-state index contributed by atoms with van der Waals surface area (Å²) in [6, 6.07) is 12.3.